The molecule has 6 heteroatoms. The number of benzene rings is 1. The van der Waals surface area contributed by atoms with Crippen molar-refractivity contribution in [2.75, 3.05) is 13.1 Å². The fourth-order valence-corrected chi connectivity index (χ4v) is 5.00. The summed E-state index contributed by atoms with van der Waals surface area (Å²) in [6.45, 7) is 8.77. The number of aryl methyl sites for hydroxylation is 2. The van der Waals surface area contributed by atoms with Gasteiger partial charge in [-0.05, 0) is 78.3 Å². The van der Waals surface area contributed by atoms with Crippen LogP contribution in [-0.2, 0) is 24.1 Å². The average Bonchev–Trinajstić information content (AvgIpc) is 3.00. The third-order valence-electron chi connectivity index (χ3n) is 6.50. The van der Waals surface area contributed by atoms with E-state index in [9.17, 15) is 4.79 Å². The topological polar surface area (TPSA) is 50.5 Å². The monoisotopic (exact) mass is 454 g/mol. The van der Waals surface area contributed by atoms with E-state index in [4.69, 9.17) is 23.2 Å². The lowest BCUT2D eigenvalue weighted by atomic mass is 9.88. The van der Waals surface area contributed by atoms with Crippen LogP contribution < -0.4 is 0 Å². The molecule has 1 saturated heterocycles. The Balaban J connectivity index is 1.47. The van der Waals surface area contributed by atoms with Gasteiger partial charge in [0.2, 0.25) is 11.6 Å². The molecule has 0 bridgehead atoms. The minimum atomic E-state index is 0.151. The molecule has 5 nitrogen and oxygen atoms in total. The van der Waals surface area contributed by atoms with Crippen molar-refractivity contribution in [3.8, 4) is 0 Å². The van der Waals surface area contributed by atoms with Gasteiger partial charge in [0.05, 0.1) is 18.7 Å². The number of piperidine rings is 1. The van der Waals surface area contributed by atoms with Crippen LogP contribution >= 0.6 is 11.6 Å². The molecular formula is C27H23ClN4O. The van der Waals surface area contributed by atoms with Crippen LogP contribution in [0.15, 0.2) is 60.6 Å². The Kier molecular flexibility index (Phi) is 5.93. The predicted molar refractivity (Wildman–Crippen MR) is 129 cm³/mol. The molecule has 164 valence electrons. The zero-order chi connectivity index (χ0) is 22.8. The summed E-state index contributed by atoms with van der Waals surface area (Å²) in [6.07, 6.45) is 8.82. The molecule has 5 rings (SSSR count). The maximum atomic E-state index is 12.8. The second-order valence-corrected chi connectivity index (χ2v) is 8.94. The Morgan fingerprint density at radius 2 is 1.79 bits per heavy atom. The molecule has 0 atom stereocenters. The van der Waals surface area contributed by atoms with Gasteiger partial charge in [0.25, 0.3) is 0 Å². The fourth-order valence-electron chi connectivity index (χ4n) is 4.81. The number of pyridine rings is 2. The Bertz CT molecular complexity index is 1280. The number of carbonyl (C=O) groups is 1. The second kappa shape index (κ2) is 9.17. The molecule has 1 aromatic carbocycles. The third kappa shape index (κ3) is 4.40. The van der Waals surface area contributed by atoms with Gasteiger partial charge in [0.1, 0.15) is 0 Å². The van der Waals surface area contributed by atoms with Crippen molar-refractivity contribution in [1.82, 2.24) is 14.9 Å². The largest absolute Gasteiger partial charge is 0.342 e. The van der Waals surface area contributed by atoms with Crippen molar-refractivity contribution in [2.24, 2.45) is 0 Å². The molecule has 33 heavy (non-hydrogen) atoms. The highest BCUT2D eigenvalue weighted by Gasteiger charge is 2.26. The van der Waals surface area contributed by atoms with Crippen molar-refractivity contribution < 1.29 is 4.79 Å². The summed E-state index contributed by atoms with van der Waals surface area (Å²) in [5.74, 6) is 0.151. The molecular weight excluding hydrogens is 432 g/mol. The number of carbonyl (C=O) groups excluding carboxylic acids is 1. The number of likely N-dealkylation sites (tertiary alicyclic amines) is 1. The highest BCUT2D eigenvalue weighted by molar-refractivity contribution is 6.30. The molecule has 1 aliphatic heterocycles. The van der Waals surface area contributed by atoms with Gasteiger partial charge < -0.3 is 4.90 Å². The van der Waals surface area contributed by atoms with E-state index in [1.165, 1.54) is 16.7 Å². The quantitative estimate of drug-likeness (QED) is 0.484. The smallest absolute Gasteiger partial charge is 0.227 e. The average molecular weight is 455 g/mol. The fraction of sp³-hybridized carbons (Fsp3) is 0.259. The Morgan fingerprint density at radius 1 is 1.03 bits per heavy atom. The van der Waals surface area contributed by atoms with Crippen molar-refractivity contribution in [2.45, 2.75) is 32.1 Å². The Morgan fingerprint density at radius 3 is 2.55 bits per heavy atom. The van der Waals surface area contributed by atoms with E-state index < -0.39 is 0 Å². The first kappa shape index (κ1) is 21.4. The molecule has 3 aromatic rings. The van der Waals surface area contributed by atoms with Gasteiger partial charge in [-0.3, -0.25) is 14.8 Å². The van der Waals surface area contributed by atoms with Crippen molar-refractivity contribution >= 4 is 28.8 Å². The summed E-state index contributed by atoms with van der Waals surface area (Å²) in [5.41, 5.74) is 8.49. The van der Waals surface area contributed by atoms with Gasteiger partial charge in [-0.25, -0.2) is 4.85 Å². The van der Waals surface area contributed by atoms with Gasteiger partial charge in [0.15, 0.2) is 0 Å². The first-order chi connectivity index (χ1) is 16.1. The molecule has 0 unspecified atom stereocenters. The number of amides is 1. The highest BCUT2D eigenvalue weighted by atomic mass is 35.5. The summed E-state index contributed by atoms with van der Waals surface area (Å²) in [6, 6.07) is 11.8. The Hall–Kier alpha value is -3.49. The van der Waals surface area contributed by atoms with Gasteiger partial charge in [-0.1, -0.05) is 23.2 Å². The molecule has 1 amide bonds. The summed E-state index contributed by atoms with van der Waals surface area (Å²) < 4.78 is 0. The van der Waals surface area contributed by atoms with E-state index in [1.807, 2.05) is 35.2 Å². The second-order valence-electron chi connectivity index (χ2n) is 8.51. The molecule has 2 aromatic heterocycles. The highest BCUT2D eigenvalue weighted by Crippen LogP contribution is 2.39. The maximum Gasteiger partial charge on any atom is 0.227 e. The molecule has 0 saturated carbocycles. The molecule has 2 aliphatic rings. The number of hydrogen-bond donors (Lipinski definition) is 0. The lowest BCUT2D eigenvalue weighted by Gasteiger charge is -2.30. The zero-order valence-electron chi connectivity index (χ0n) is 18.2. The van der Waals surface area contributed by atoms with Gasteiger partial charge in [-0.2, -0.15) is 0 Å². The Labute approximate surface area is 198 Å². The molecule has 0 N–H and O–H groups in total. The lowest BCUT2D eigenvalue weighted by molar-refractivity contribution is -0.130. The number of nitrogens with zero attached hydrogens (tertiary/aromatic N) is 4. The summed E-state index contributed by atoms with van der Waals surface area (Å²) in [5, 5.41) is 0.732. The van der Waals surface area contributed by atoms with Gasteiger partial charge in [0, 0.05) is 42.3 Å². The van der Waals surface area contributed by atoms with Crippen molar-refractivity contribution in [3.05, 3.63) is 105 Å². The van der Waals surface area contributed by atoms with E-state index >= 15 is 0 Å². The standard InChI is InChI=1S/C27H23ClN4O/c1-29-23-16-21-3-2-20-15-22(28)4-5-24(20)26(27(21)31-17-23)19-8-12-32(13-9-19)25(33)14-18-6-10-30-11-7-18/h4-7,10-11,15-17H,2-3,8-9,12-14H2. The van der Waals surface area contributed by atoms with Crippen LogP contribution in [-0.4, -0.2) is 33.9 Å². The summed E-state index contributed by atoms with van der Waals surface area (Å²) in [7, 11) is 0. The number of rotatable bonds is 2. The van der Waals surface area contributed by atoms with E-state index in [2.05, 4.69) is 15.9 Å². The number of halogens is 1. The number of hydrogen-bond acceptors (Lipinski definition) is 3. The van der Waals surface area contributed by atoms with Gasteiger partial charge >= 0.3 is 0 Å². The summed E-state index contributed by atoms with van der Waals surface area (Å²) in [4.78, 5) is 27.2. The zero-order valence-corrected chi connectivity index (χ0v) is 19.0. The lowest BCUT2D eigenvalue weighted by Crippen LogP contribution is -2.37. The van der Waals surface area contributed by atoms with Gasteiger partial charge in [-0.15, -0.1) is 0 Å². The SMILES string of the molecule is [C-]#[N+]c1cnc2c(c1)CCc1cc(Cl)ccc1C2=C1CCN(C(=O)Cc2ccncc2)CC1. The van der Waals surface area contributed by atoms with Crippen molar-refractivity contribution in [3.63, 3.8) is 0 Å². The first-order valence-electron chi connectivity index (χ1n) is 11.2. The van der Waals surface area contributed by atoms with Crippen LogP contribution in [0.25, 0.3) is 10.4 Å². The van der Waals surface area contributed by atoms with E-state index in [1.54, 1.807) is 18.6 Å². The molecule has 1 fully saturated rings. The molecule has 3 heterocycles. The van der Waals surface area contributed by atoms with E-state index in [0.29, 0.717) is 25.2 Å². The first-order valence-corrected chi connectivity index (χ1v) is 11.5. The van der Waals surface area contributed by atoms with Crippen LogP contribution in [0.3, 0.4) is 0 Å². The molecule has 0 spiro atoms. The number of aromatic nitrogens is 2. The van der Waals surface area contributed by atoms with E-state index in [-0.39, 0.29) is 5.91 Å². The van der Waals surface area contributed by atoms with Crippen LogP contribution in [0.4, 0.5) is 5.69 Å². The molecule has 0 radical (unpaired) electrons. The number of fused-ring (bicyclic) bond motifs is 2. The summed E-state index contributed by atoms with van der Waals surface area (Å²) >= 11 is 6.32. The van der Waals surface area contributed by atoms with E-state index in [0.717, 1.165) is 53.1 Å². The minimum Gasteiger partial charge on any atom is -0.342 e. The van der Waals surface area contributed by atoms with Crippen LogP contribution in [0.1, 0.15) is 40.8 Å². The predicted octanol–water partition coefficient (Wildman–Crippen LogP) is 5.45. The third-order valence-corrected chi connectivity index (χ3v) is 6.73. The maximum absolute atomic E-state index is 12.8. The van der Waals surface area contributed by atoms with Crippen molar-refractivity contribution in [1.29, 1.82) is 0 Å². The molecule has 1 aliphatic carbocycles. The van der Waals surface area contributed by atoms with Crippen LogP contribution in [0.2, 0.25) is 5.02 Å². The minimum absolute atomic E-state index is 0.151. The van der Waals surface area contributed by atoms with Crippen LogP contribution in [0, 0.1) is 6.57 Å². The van der Waals surface area contributed by atoms with Crippen LogP contribution in [0.5, 0.6) is 0 Å². The normalized spacial score (nSPS) is 15.3.